The molecule has 0 aliphatic heterocycles. The highest BCUT2D eigenvalue weighted by Crippen LogP contribution is 2.31. The van der Waals surface area contributed by atoms with Crippen molar-refractivity contribution in [1.82, 2.24) is 4.90 Å². The van der Waals surface area contributed by atoms with Crippen molar-refractivity contribution in [2.45, 2.75) is 45.7 Å². The van der Waals surface area contributed by atoms with Gasteiger partial charge in [0, 0.05) is 19.1 Å². The van der Waals surface area contributed by atoms with Crippen LogP contribution in [0.15, 0.2) is 24.3 Å². The maximum Gasteiger partial charge on any atom is 0.307 e. The Bertz CT molecular complexity index is 438. The fraction of sp³-hybridized carbons (Fsp3) is 0.562. The van der Waals surface area contributed by atoms with Gasteiger partial charge in [0.2, 0.25) is 0 Å². The van der Waals surface area contributed by atoms with Gasteiger partial charge in [-0.1, -0.05) is 24.3 Å². The third kappa shape index (κ3) is 4.35. The number of benzene rings is 1. The first kappa shape index (κ1) is 14.1. The molecule has 3 heteroatoms. The highest BCUT2D eigenvalue weighted by Gasteiger charge is 2.25. The number of carbonyl (C=O) groups is 1. The lowest BCUT2D eigenvalue weighted by Gasteiger charge is -2.27. The Labute approximate surface area is 115 Å². The lowest BCUT2D eigenvalue weighted by molar-refractivity contribution is -0.136. The second-order valence-electron chi connectivity index (χ2n) is 5.81. The molecule has 3 nitrogen and oxygen atoms in total. The second kappa shape index (κ2) is 6.20. The number of carboxylic acids is 1. The first-order valence-electron chi connectivity index (χ1n) is 7.09. The standard InChI is InChI=1S/C16H23NO2/c1-12(2)17(10-13-7-8-13)11-15-6-4-3-5-14(15)9-16(18)19/h3-6,12-13H,7-11H2,1-2H3,(H,18,19). The molecule has 0 atom stereocenters. The molecule has 0 saturated heterocycles. The molecule has 0 aromatic heterocycles. The van der Waals surface area contributed by atoms with Crippen LogP contribution in [0.5, 0.6) is 0 Å². The fourth-order valence-corrected chi connectivity index (χ4v) is 2.36. The zero-order valence-corrected chi connectivity index (χ0v) is 11.8. The number of carboxylic acid groups (broad SMARTS) is 1. The summed E-state index contributed by atoms with van der Waals surface area (Å²) in [5.41, 5.74) is 2.09. The highest BCUT2D eigenvalue weighted by molar-refractivity contribution is 5.70. The first-order chi connectivity index (χ1) is 9.06. The van der Waals surface area contributed by atoms with E-state index >= 15 is 0 Å². The molecule has 1 aliphatic carbocycles. The summed E-state index contributed by atoms with van der Waals surface area (Å²) >= 11 is 0. The Kier molecular flexibility index (Phi) is 4.59. The van der Waals surface area contributed by atoms with Crippen LogP contribution in [-0.4, -0.2) is 28.6 Å². The Hall–Kier alpha value is -1.35. The Morgan fingerprint density at radius 3 is 2.47 bits per heavy atom. The molecule has 0 bridgehead atoms. The molecule has 1 fully saturated rings. The molecule has 0 radical (unpaired) electrons. The van der Waals surface area contributed by atoms with Crippen LogP contribution < -0.4 is 0 Å². The van der Waals surface area contributed by atoms with Crippen molar-refractivity contribution in [3.05, 3.63) is 35.4 Å². The molecule has 1 saturated carbocycles. The SMILES string of the molecule is CC(C)N(Cc1ccccc1CC(=O)O)CC1CC1. The minimum atomic E-state index is -0.759. The third-order valence-electron chi connectivity index (χ3n) is 3.75. The average molecular weight is 261 g/mol. The van der Waals surface area contributed by atoms with Crippen LogP contribution in [0.25, 0.3) is 0 Å². The molecule has 1 aromatic rings. The summed E-state index contributed by atoms with van der Waals surface area (Å²) in [5, 5.41) is 8.98. The second-order valence-corrected chi connectivity index (χ2v) is 5.81. The largest absolute Gasteiger partial charge is 0.481 e. The number of aliphatic carboxylic acids is 1. The summed E-state index contributed by atoms with van der Waals surface area (Å²) in [5.74, 6) is 0.0970. The lowest BCUT2D eigenvalue weighted by Crippen LogP contribution is -2.32. The summed E-state index contributed by atoms with van der Waals surface area (Å²) < 4.78 is 0. The summed E-state index contributed by atoms with van der Waals surface area (Å²) in [6, 6.07) is 8.40. The molecular weight excluding hydrogens is 238 g/mol. The van der Waals surface area contributed by atoms with Crippen molar-refractivity contribution in [2.24, 2.45) is 5.92 Å². The number of hydrogen-bond acceptors (Lipinski definition) is 2. The van der Waals surface area contributed by atoms with E-state index in [9.17, 15) is 4.79 Å². The molecule has 104 valence electrons. The highest BCUT2D eigenvalue weighted by atomic mass is 16.4. The van der Waals surface area contributed by atoms with Gasteiger partial charge in [0.1, 0.15) is 0 Å². The molecule has 1 aromatic carbocycles. The summed E-state index contributed by atoms with van der Waals surface area (Å²) in [6.07, 6.45) is 2.81. The smallest absolute Gasteiger partial charge is 0.307 e. The quantitative estimate of drug-likeness (QED) is 0.820. The zero-order valence-electron chi connectivity index (χ0n) is 11.8. The average Bonchev–Trinajstić information content (AvgIpc) is 3.13. The van der Waals surface area contributed by atoms with E-state index in [0.29, 0.717) is 6.04 Å². The van der Waals surface area contributed by atoms with E-state index in [2.05, 4.69) is 24.8 Å². The molecule has 0 heterocycles. The van der Waals surface area contributed by atoms with Gasteiger partial charge in [-0.15, -0.1) is 0 Å². The van der Waals surface area contributed by atoms with E-state index < -0.39 is 5.97 Å². The van der Waals surface area contributed by atoms with Crippen LogP contribution in [-0.2, 0) is 17.8 Å². The van der Waals surface area contributed by atoms with E-state index in [1.54, 1.807) is 0 Å². The van der Waals surface area contributed by atoms with Gasteiger partial charge in [0.15, 0.2) is 0 Å². The van der Waals surface area contributed by atoms with Crippen molar-refractivity contribution in [1.29, 1.82) is 0 Å². The van der Waals surface area contributed by atoms with E-state index in [-0.39, 0.29) is 6.42 Å². The molecule has 1 aliphatic rings. The van der Waals surface area contributed by atoms with Crippen LogP contribution in [0.4, 0.5) is 0 Å². The van der Waals surface area contributed by atoms with Crippen LogP contribution in [0, 0.1) is 5.92 Å². The number of nitrogens with zero attached hydrogens (tertiary/aromatic N) is 1. The van der Waals surface area contributed by atoms with Crippen LogP contribution >= 0.6 is 0 Å². The van der Waals surface area contributed by atoms with Gasteiger partial charge >= 0.3 is 5.97 Å². The Morgan fingerprint density at radius 1 is 1.32 bits per heavy atom. The van der Waals surface area contributed by atoms with Crippen LogP contribution in [0.3, 0.4) is 0 Å². The third-order valence-corrected chi connectivity index (χ3v) is 3.75. The lowest BCUT2D eigenvalue weighted by atomic mass is 10.0. The predicted molar refractivity (Wildman–Crippen MR) is 76.1 cm³/mol. The van der Waals surface area contributed by atoms with Gasteiger partial charge < -0.3 is 5.11 Å². The monoisotopic (exact) mass is 261 g/mol. The van der Waals surface area contributed by atoms with Crippen molar-refractivity contribution in [3.8, 4) is 0 Å². The molecule has 19 heavy (non-hydrogen) atoms. The van der Waals surface area contributed by atoms with Gasteiger partial charge in [-0.2, -0.15) is 0 Å². The van der Waals surface area contributed by atoms with Gasteiger partial charge in [-0.05, 0) is 43.7 Å². The van der Waals surface area contributed by atoms with E-state index in [0.717, 1.165) is 30.1 Å². The molecular formula is C16H23NO2. The van der Waals surface area contributed by atoms with Gasteiger partial charge in [0.25, 0.3) is 0 Å². The Balaban J connectivity index is 2.08. The van der Waals surface area contributed by atoms with E-state index in [4.69, 9.17) is 5.11 Å². The molecule has 0 unspecified atom stereocenters. The van der Waals surface area contributed by atoms with Crippen molar-refractivity contribution >= 4 is 5.97 Å². The molecule has 1 N–H and O–H groups in total. The van der Waals surface area contributed by atoms with Gasteiger partial charge in [0.05, 0.1) is 6.42 Å². The van der Waals surface area contributed by atoms with Crippen LogP contribution in [0.1, 0.15) is 37.8 Å². The minimum absolute atomic E-state index is 0.117. The minimum Gasteiger partial charge on any atom is -0.481 e. The van der Waals surface area contributed by atoms with E-state index in [1.807, 2.05) is 18.2 Å². The predicted octanol–water partition coefficient (Wildman–Crippen LogP) is 2.93. The van der Waals surface area contributed by atoms with Gasteiger partial charge in [-0.3, -0.25) is 9.69 Å². The maximum absolute atomic E-state index is 10.9. The summed E-state index contributed by atoms with van der Waals surface area (Å²) in [7, 11) is 0. The Morgan fingerprint density at radius 2 is 1.95 bits per heavy atom. The topological polar surface area (TPSA) is 40.5 Å². The van der Waals surface area contributed by atoms with Gasteiger partial charge in [-0.25, -0.2) is 0 Å². The number of hydrogen-bond donors (Lipinski definition) is 1. The molecule has 0 spiro atoms. The van der Waals surface area contributed by atoms with Crippen molar-refractivity contribution < 1.29 is 9.90 Å². The maximum atomic E-state index is 10.9. The fourth-order valence-electron chi connectivity index (χ4n) is 2.36. The van der Waals surface area contributed by atoms with Crippen molar-refractivity contribution in [3.63, 3.8) is 0 Å². The zero-order chi connectivity index (χ0) is 13.8. The number of rotatable bonds is 7. The van der Waals surface area contributed by atoms with Crippen molar-refractivity contribution in [2.75, 3.05) is 6.54 Å². The van der Waals surface area contributed by atoms with E-state index in [1.165, 1.54) is 12.8 Å². The molecule has 2 rings (SSSR count). The summed E-state index contributed by atoms with van der Waals surface area (Å²) in [4.78, 5) is 13.4. The first-order valence-corrected chi connectivity index (χ1v) is 7.09. The summed E-state index contributed by atoms with van der Waals surface area (Å²) in [6.45, 7) is 6.42. The van der Waals surface area contributed by atoms with Crippen LogP contribution in [0.2, 0.25) is 0 Å². The molecule has 0 amide bonds. The normalized spacial score (nSPS) is 15.2.